The van der Waals surface area contributed by atoms with Crippen molar-refractivity contribution in [1.82, 2.24) is 4.90 Å². The standard InChI is InChI=1S/C7H9NO3/c9-6-3-4-1-2-5(7(10)11)8(4)6/h4-5H,1-3H2,(H,10,11)/t4-,5?/m0/s1. The maximum absolute atomic E-state index is 10.9. The molecule has 1 N–H and O–H groups in total. The topological polar surface area (TPSA) is 57.6 Å². The fourth-order valence-electron chi connectivity index (χ4n) is 1.90. The van der Waals surface area contributed by atoms with Gasteiger partial charge in [-0.1, -0.05) is 0 Å². The number of rotatable bonds is 1. The summed E-state index contributed by atoms with van der Waals surface area (Å²) in [4.78, 5) is 22.9. The van der Waals surface area contributed by atoms with E-state index in [0.29, 0.717) is 12.8 Å². The Bertz CT molecular complexity index is 218. The molecule has 0 aromatic heterocycles. The van der Waals surface area contributed by atoms with Crippen LogP contribution < -0.4 is 0 Å². The van der Waals surface area contributed by atoms with E-state index in [9.17, 15) is 9.59 Å². The molecule has 1 amide bonds. The van der Waals surface area contributed by atoms with Crippen molar-refractivity contribution >= 4 is 11.9 Å². The maximum atomic E-state index is 10.9. The predicted molar refractivity (Wildman–Crippen MR) is 35.9 cm³/mol. The second-order valence-electron chi connectivity index (χ2n) is 3.09. The van der Waals surface area contributed by atoms with Crippen LogP contribution in [0.15, 0.2) is 0 Å². The predicted octanol–water partition coefficient (Wildman–Crippen LogP) is -0.166. The summed E-state index contributed by atoms with van der Waals surface area (Å²) < 4.78 is 0. The van der Waals surface area contributed by atoms with E-state index in [0.717, 1.165) is 6.42 Å². The van der Waals surface area contributed by atoms with Gasteiger partial charge in [0.05, 0.1) is 0 Å². The molecule has 60 valence electrons. The molecular formula is C7H9NO3. The molecule has 0 radical (unpaired) electrons. The van der Waals surface area contributed by atoms with E-state index < -0.39 is 12.0 Å². The molecule has 2 atom stereocenters. The molecule has 2 aliphatic rings. The van der Waals surface area contributed by atoms with Crippen LogP contribution >= 0.6 is 0 Å². The zero-order valence-electron chi connectivity index (χ0n) is 5.99. The minimum absolute atomic E-state index is 0.0000926. The molecule has 0 saturated carbocycles. The fourth-order valence-corrected chi connectivity index (χ4v) is 1.90. The Kier molecular flexibility index (Phi) is 1.19. The van der Waals surface area contributed by atoms with Gasteiger partial charge in [-0.05, 0) is 12.8 Å². The molecule has 1 unspecified atom stereocenters. The number of amides is 1. The largest absolute Gasteiger partial charge is 0.480 e. The van der Waals surface area contributed by atoms with Crippen LogP contribution in [0.25, 0.3) is 0 Å². The van der Waals surface area contributed by atoms with Crippen molar-refractivity contribution in [3.05, 3.63) is 0 Å². The first kappa shape index (κ1) is 6.64. The van der Waals surface area contributed by atoms with E-state index >= 15 is 0 Å². The monoisotopic (exact) mass is 155 g/mol. The van der Waals surface area contributed by atoms with Crippen molar-refractivity contribution in [1.29, 1.82) is 0 Å². The Balaban J connectivity index is 2.14. The second-order valence-corrected chi connectivity index (χ2v) is 3.09. The third kappa shape index (κ3) is 0.751. The van der Waals surface area contributed by atoms with E-state index in [1.165, 1.54) is 4.90 Å². The molecule has 0 bridgehead atoms. The first-order chi connectivity index (χ1) is 5.20. The SMILES string of the molecule is O=C(O)C1CC[C@H]2CC(=O)N12. The Hall–Kier alpha value is -1.06. The van der Waals surface area contributed by atoms with Gasteiger partial charge in [-0.3, -0.25) is 4.79 Å². The van der Waals surface area contributed by atoms with E-state index in [1.807, 2.05) is 0 Å². The van der Waals surface area contributed by atoms with Crippen molar-refractivity contribution in [2.45, 2.75) is 31.3 Å². The average molecular weight is 155 g/mol. The molecule has 0 aromatic rings. The summed E-state index contributed by atoms with van der Waals surface area (Å²) in [6.07, 6.45) is 2.05. The van der Waals surface area contributed by atoms with Crippen LogP contribution in [0.1, 0.15) is 19.3 Å². The molecule has 2 fully saturated rings. The minimum atomic E-state index is -0.861. The highest BCUT2D eigenvalue weighted by molar-refractivity contribution is 5.89. The Morgan fingerprint density at radius 1 is 1.55 bits per heavy atom. The summed E-state index contributed by atoms with van der Waals surface area (Å²) in [5.74, 6) is -0.861. The molecule has 4 heteroatoms. The number of carboxylic acid groups (broad SMARTS) is 1. The summed E-state index contributed by atoms with van der Waals surface area (Å²) >= 11 is 0. The molecule has 2 heterocycles. The van der Waals surface area contributed by atoms with Gasteiger partial charge in [-0.15, -0.1) is 0 Å². The first-order valence-corrected chi connectivity index (χ1v) is 3.74. The van der Waals surface area contributed by atoms with Gasteiger partial charge in [0.2, 0.25) is 5.91 Å². The van der Waals surface area contributed by atoms with Gasteiger partial charge in [0.1, 0.15) is 6.04 Å². The molecule has 4 nitrogen and oxygen atoms in total. The molecule has 0 aliphatic carbocycles. The zero-order chi connectivity index (χ0) is 8.01. The number of carboxylic acids is 1. The summed E-state index contributed by atoms with van der Waals surface area (Å²) in [7, 11) is 0. The molecule has 0 spiro atoms. The third-order valence-electron chi connectivity index (χ3n) is 2.49. The van der Waals surface area contributed by atoms with E-state index in [1.54, 1.807) is 0 Å². The molecular weight excluding hydrogens is 146 g/mol. The maximum Gasteiger partial charge on any atom is 0.326 e. The van der Waals surface area contributed by atoms with Gasteiger partial charge >= 0.3 is 5.97 Å². The van der Waals surface area contributed by atoms with Crippen molar-refractivity contribution in [2.24, 2.45) is 0 Å². The van der Waals surface area contributed by atoms with Gasteiger partial charge in [0.25, 0.3) is 0 Å². The Morgan fingerprint density at radius 2 is 2.27 bits per heavy atom. The van der Waals surface area contributed by atoms with Crippen LogP contribution in [-0.4, -0.2) is 34.0 Å². The van der Waals surface area contributed by atoms with Crippen LogP contribution in [0.4, 0.5) is 0 Å². The first-order valence-electron chi connectivity index (χ1n) is 3.74. The highest BCUT2D eigenvalue weighted by Crippen LogP contribution is 2.34. The number of β-lactam (4-membered cyclic amide) rings is 1. The number of carbonyl (C=O) groups excluding carboxylic acids is 1. The molecule has 0 aromatic carbocycles. The lowest BCUT2D eigenvalue weighted by atomic mass is 10.0. The second kappa shape index (κ2) is 1.96. The highest BCUT2D eigenvalue weighted by Gasteiger charge is 2.48. The quantitative estimate of drug-likeness (QED) is 0.535. The fraction of sp³-hybridized carbons (Fsp3) is 0.714. The van der Waals surface area contributed by atoms with Crippen LogP contribution in [-0.2, 0) is 9.59 Å². The molecule has 2 rings (SSSR count). The van der Waals surface area contributed by atoms with Gasteiger partial charge < -0.3 is 10.0 Å². The summed E-state index contributed by atoms with van der Waals surface area (Å²) in [5, 5.41) is 8.66. The lowest BCUT2D eigenvalue weighted by Crippen LogP contribution is -2.54. The highest BCUT2D eigenvalue weighted by atomic mass is 16.4. The van der Waals surface area contributed by atoms with Crippen LogP contribution in [0.2, 0.25) is 0 Å². The lowest BCUT2D eigenvalue weighted by molar-refractivity contribution is -0.156. The van der Waals surface area contributed by atoms with Gasteiger partial charge in [-0.25, -0.2) is 4.79 Å². The smallest absolute Gasteiger partial charge is 0.326 e. The van der Waals surface area contributed by atoms with Crippen molar-refractivity contribution in [3.63, 3.8) is 0 Å². The Morgan fingerprint density at radius 3 is 2.73 bits per heavy atom. The van der Waals surface area contributed by atoms with Crippen LogP contribution in [0.5, 0.6) is 0 Å². The minimum Gasteiger partial charge on any atom is -0.480 e. The molecule has 11 heavy (non-hydrogen) atoms. The number of hydrogen-bond donors (Lipinski definition) is 1. The molecule has 2 saturated heterocycles. The number of aliphatic carboxylic acids is 1. The van der Waals surface area contributed by atoms with E-state index in [2.05, 4.69) is 0 Å². The van der Waals surface area contributed by atoms with E-state index in [4.69, 9.17) is 5.11 Å². The normalized spacial score (nSPS) is 34.9. The number of carbonyl (C=O) groups is 2. The average Bonchev–Trinajstić information content (AvgIpc) is 2.25. The van der Waals surface area contributed by atoms with Crippen molar-refractivity contribution in [3.8, 4) is 0 Å². The summed E-state index contributed by atoms with van der Waals surface area (Å²) in [6.45, 7) is 0. The lowest BCUT2D eigenvalue weighted by Gasteiger charge is -2.36. The van der Waals surface area contributed by atoms with Crippen molar-refractivity contribution in [2.75, 3.05) is 0 Å². The number of fused-ring (bicyclic) bond motifs is 1. The van der Waals surface area contributed by atoms with Crippen LogP contribution in [0, 0.1) is 0 Å². The zero-order valence-corrected chi connectivity index (χ0v) is 5.99. The Labute approximate surface area is 63.8 Å². The van der Waals surface area contributed by atoms with Crippen LogP contribution in [0.3, 0.4) is 0 Å². The molecule has 2 aliphatic heterocycles. The number of hydrogen-bond acceptors (Lipinski definition) is 2. The van der Waals surface area contributed by atoms with Crippen molar-refractivity contribution < 1.29 is 14.7 Å². The third-order valence-corrected chi connectivity index (χ3v) is 2.49. The van der Waals surface area contributed by atoms with Gasteiger partial charge in [0, 0.05) is 12.5 Å². The van der Waals surface area contributed by atoms with Gasteiger partial charge in [-0.2, -0.15) is 0 Å². The summed E-state index contributed by atoms with van der Waals surface area (Å²) in [5.41, 5.74) is 0. The summed E-state index contributed by atoms with van der Waals surface area (Å²) in [6, 6.07) is -0.287. The van der Waals surface area contributed by atoms with Gasteiger partial charge in [0.15, 0.2) is 0 Å². The number of nitrogens with zero attached hydrogens (tertiary/aromatic N) is 1. The van der Waals surface area contributed by atoms with E-state index in [-0.39, 0.29) is 11.9 Å².